The van der Waals surface area contributed by atoms with Crippen LogP contribution in [0.15, 0.2) is 22.7 Å². The van der Waals surface area contributed by atoms with Crippen LogP contribution in [0.25, 0.3) is 0 Å². The maximum Gasteiger partial charge on any atom is 0.0772 e. The van der Waals surface area contributed by atoms with E-state index < -0.39 is 6.10 Å². The minimum absolute atomic E-state index is 0.435. The van der Waals surface area contributed by atoms with Gasteiger partial charge in [-0.25, -0.2) is 0 Å². The number of benzene rings is 1. The Balaban J connectivity index is 2.26. The fraction of sp³-hybridized carbons (Fsp3) is 0.625. The largest absolute Gasteiger partial charge is 0.389 e. The second-order valence-corrected chi connectivity index (χ2v) is 6.61. The van der Waals surface area contributed by atoms with Crippen LogP contribution in [0.1, 0.15) is 38.4 Å². The van der Waals surface area contributed by atoms with E-state index in [1.807, 2.05) is 6.07 Å². The standard InChI is InChI=1S/C16H25BrN2O/c1-4-13-11-18(3)8-5-9-19(13)14-6-7-15(12(2)20)16(17)10-14/h6-7,10,12-13,20H,4-5,8-9,11H2,1-3H3. The summed E-state index contributed by atoms with van der Waals surface area (Å²) in [7, 11) is 2.21. The van der Waals surface area contributed by atoms with Gasteiger partial charge in [0.05, 0.1) is 6.10 Å². The van der Waals surface area contributed by atoms with Gasteiger partial charge in [-0.15, -0.1) is 0 Å². The minimum atomic E-state index is -0.435. The van der Waals surface area contributed by atoms with Crippen LogP contribution < -0.4 is 4.90 Å². The van der Waals surface area contributed by atoms with Crippen molar-refractivity contribution in [3.8, 4) is 0 Å². The maximum absolute atomic E-state index is 9.73. The van der Waals surface area contributed by atoms with E-state index in [-0.39, 0.29) is 0 Å². The molecule has 2 rings (SSSR count). The summed E-state index contributed by atoms with van der Waals surface area (Å²) < 4.78 is 0.998. The number of nitrogens with zero attached hydrogens (tertiary/aromatic N) is 2. The smallest absolute Gasteiger partial charge is 0.0772 e. The molecule has 0 aliphatic carbocycles. The van der Waals surface area contributed by atoms with Crippen LogP contribution in [0.2, 0.25) is 0 Å². The molecule has 1 aliphatic heterocycles. The number of hydrogen-bond acceptors (Lipinski definition) is 3. The Morgan fingerprint density at radius 1 is 1.40 bits per heavy atom. The van der Waals surface area contributed by atoms with E-state index in [0.717, 1.165) is 29.5 Å². The Labute approximate surface area is 130 Å². The van der Waals surface area contributed by atoms with Crippen molar-refractivity contribution < 1.29 is 5.11 Å². The summed E-state index contributed by atoms with van der Waals surface area (Å²) >= 11 is 3.59. The molecule has 2 unspecified atom stereocenters. The zero-order valence-electron chi connectivity index (χ0n) is 12.6. The Hall–Kier alpha value is -0.580. The lowest BCUT2D eigenvalue weighted by atomic mass is 10.1. The molecule has 4 heteroatoms. The molecule has 0 radical (unpaired) electrons. The molecule has 1 aromatic rings. The lowest BCUT2D eigenvalue weighted by Gasteiger charge is -2.32. The van der Waals surface area contributed by atoms with E-state index in [2.05, 4.69) is 51.8 Å². The summed E-state index contributed by atoms with van der Waals surface area (Å²) in [6, 6.07) is 6.88. The highest BCUT2D eigenvalue weighted by Gasteiger charge is 2.22. The summed E-state index contributed by atoms with van der Waals surface area (Å²) in [6.45, 7) is 7.45. The lowest BCUT2D eigenvalue weighted by molar-refractivity contribution is 0.198. The highest BCUT2D eigenvalue weighted by Crippen LogP contribution is 2.30. The highest BCUT2D eigenvalue weighted by atomic mass is 79.9. The number of rotatable bonds is 3. The van der Waals surface area contributed by atoms with Gasteiger partial charge in [-0.2, -0.15) is 0 Å². The molecule has 1 aliphatic rings. The molecule has 2 atom stereocenters. The van der Waals surface area contributed by atoms with E-state index in [9.17, 15) is 5.11 Å². The first-order valence-corrected chi connectivity index (χ1v) is 8.25. The summed E-state index contributed by atoms with van der Waals surface area (Å²) in [5.74, 6) is 0. The van der Waals surface area contributed by atoms with E-state index in [4.69, 9.17) is 0 Å². The van der Waals surface area contributed by atoms with Crippen molar-refractivity contribution in [3.63, 3.8) is 0 Å². The molecule has 0 spiro atoms. The second kappa shape index (κ2) is 6.92. The molecule has 20 heavy (non-hydrogen) atoms. The number of likely N-dealkylation sites (N-methyl/N-ethyl adjacent to an activating group) is 1. The molecule has 1 N–H and O–H groups in total. The first kappa shape index (κ1) is 15.8. The van der Waals surface area contributed by atoms with Gasteiger partial charge in [-0.1, -0.05) is 28.9 Å². The van der Waals surface area contributed by atoms with Crippen LogP contribution in [-0.4, -0.2) is 42.7 Å². The molecule has 112 valence electrons. The van der Waals surface area contributed by atoms with Gasteiger partial charge in [0.25, 0.3) is 0 Å². The molecule has 1 heterocycles. The van der Waals surface area contributed by atoms with Crippen molar-refractivity contribution in [2.45, 2.75) is 38.8 Å². The number of aliphatic hydroxyl groups is 1. The molecule has 0 aromatic heterocycles. The average Bonchev–Trinajstić information content (AvgIpc) is 2.59. The van der Waals surface area contributed by atoms with Crippen LogP contribution in [0, 0.1) is 0 Å². The maximum atomic E-state index is 9.73. The summed E-state index contributed by atoms with van der Waals surface area (Å²) in [5.41, 5.74) is 2.21. The van der Waals surface area contributed by atoms with Crippen LogP contribution in [0.3, 0.4) is 0 Å². The van der Waals surface area contributed by atoms with Gasteiger partial charge >= 0.3 is 0 Å². The third-order valence-electron chi connectivity index (χ3n) is 4.14. The first-order chi connectivity index (χ1) is 9.52. The van der Waals surface area contributed by atoms with Gasteiger partial charge in [0.15, 0.2) is 0 Å². The predicted octanol–water partition coefficient (Wildman–Crippen LogP) is 3.42. The Bertz CT molecular complexity index is 450. The van der Waals surface area contributed by atoms with Gasteiger partial charge < -0.3 is 14.9 Å². The van der Waals surface area contributed by atoms with Crippen LogP contribution >= 0.6 is 15.9 Å². The molecule has 0 amide bonds. The zero-order chi connectivity index (χ0) is 14.7. The SMILES string of the molecule is CCC1CN(C)CCCN1c1ccc(C(C)O)c(Br)c1. The number of anilines is 1. The van der Waals surface area contributed by atoms with E-state index in [0.29, 0.717) is 6.04 Å². The van der Waals surface area contributed by atoms with E-state index in [1.165, 1.54) is 18.7 Å². The number of hydrogen-bond donors (Lipinski definition) is 1. The van der Waals surface area contributed by atoms with Crippen molar-refractivity contribution in [1.82, 2.24) is 4.90 Å². The van der Waals surface area contributed by atoms with Crippen LogP contribution in [-0.2, 0) is 0 Å². The predicted molar refractivity (Wildman–Crippen MR) is 88.3 cm³/mol. The quantitative estimate of drug-likeness (QED) is 0.913. The molecule has 1 fully saturated rings. The third-order valence-corrected chi connectivity index (χ3v) is 4.83. The number of halogens is 1. The summed E-state index contributed by atoms with van der Waals surface area (Å²) in [6.07, 6.45) is 1.92. The fourth-order valence-electron chi connectivity index (χ4n) is 2.97. The monoisotopic (exact) mass is 340 g/mol. The Kier molecular flexibility index (Phi) is 5.47. The highest BCUT2D eigenvalue weighted by molar-refractivity contribution is 9.10. The van der Waals surface area contributed by atoms with E-state index in [1.54, 1.807) is 6.92 Å². The van der Waals surface area contributed by atoms with Crippen LogP contribution in [0.5, 0.6) is 0 Å². The normalized spacial score (nSPS) is 22.6. The van der Waals surface area contributed by atoms with E-state index >= 15 is 0 Å². The topological polar surface area (TPSA) is 26.7 Å². The fourth-order valence-corrected chi connectivity index (χ4v) is 3.66. The van der Waals surface area contributed by atoms with Gasteiger partial charge in [0, 0.05) is 29.3 Å². The van der Waals surface area contributed by atoms with Crippen molar-refractivity contribution in [1.29, 1.82) is 0 Å². The number of aliphatic hydroxyl groups excluding tert-OH is 1. The summed E-state index contributed by atoms with van der Waals surface area (Å²) in [4.78, 5) is 4.94. The van der Waals surface area contributed by atoms with Gasteiger partial charge in [0.1, 0.15) is 0 Å². The Morgan fingerprint density at radius 3 is 2.75 bits per heavy atom. The average molecular weight is 341 g/mol. The molecule has 0 saturated carbocycles. The summed E-state index contributed by atoms with van der Waals surface area (Å²) in [5, 5.41) is 9.73. The molecule has 1 saturated heterocycles. The van der Waals surface area contributed by atoms with Crippen molar-refractivity contribution in [2.75, 3.05) is 31.6 Å². The lowest BCUT2D eigenvalue weighted by Crippen LogP contribution is -2.39. The molecule has 3 nitrogen and oxygen atoms in total. The van der Waals surface area contributed by atoms with Gasteiger partial charge in [-0.05, 0) is 51.1 Å². The minimum Gasteiger partial charge on any atom is -0.389 e. The van der Waals surface area contributed by atoms with Crippen molar-refractivity contribution in [3.05, 3.63) is 28.2 Å². The second-order valence-electron chi connectivity index (χ2n) is 5.75. The molecular weight excluding hydrogens is 316 g/mol. The molecule has 1 aromatic carbocycles. The first-order valence-electron chi connectivity index (χ1n) is 7.45. The van der Waals surface area contributed by atoms with Crippen molar-refractivity contribution >= 4 is 21.6 Å². The Morgan fingerprint density at radius 2 is 2.15 bits per heavy atom. The van der Waals surface area contributed by atoms with Gasteiger partial charge in [-0.3, -0.25) is 0 Å². The molecular formula is C16H25BrN2O. The molecule has 0 bridgehead atoms. The van der Waals surface area contributed by atoms with Crippen LogP contribution in [0.4, 0.5) is 5.69 Å². The third kappa shape index (κ3) is 3.54. The zero-order valence-corrected chi connectivity index (χ0v) is 14.2. The van der Waals surface area contributed by atoms with Crippen molar-refractivity contribution in [2.24, 2.45) is 0 Å². The van der Waals surface area contributed by atoms with Gasteiger partial charge in [0.2, 0.25) is 0 Å².